The first-order chi connectivity index (χ1) is 7.47. The first-order valence-electron chi connectivity index (χ1n) is 5.58. The third kappa shape index (κ3) is 3.58. The van der Waals surface area contributed by atoms with E-state index in [2.05, 4.69) is 0 Å². The SMILES string of the molecule is CC(C)OC(C)(CN)Cc1ccccc1F. The fourth-order valence-electron chi connectivity index (χ4n) is 1.78. The number of ether oxygens (including phenoxy) is 1. The summed E-state index contributed by atoms with van der Waals surface area (Å²) in [6.07, 6.45) is 0.578. The van der Waals surface area contributed by atoms with Crippen molar-refractivity contribution >= 4 is 0 Å². The van der Waals surface area contributed by atoms with Crippen LogP contribution in [-0.4, -0.2) is 18.2 Å². The molecule has 0 heterocycles. The van der Waals surface area contributed by atoms with E-state index < -0.39 is 5.60 Å². The summed E-state index contributed by atoms with van der Waals surface area (Å²) in [5, 5.41) is 0. The Balaban J connectivity index is 2.81. The Morgan fingerprint density at radius 1 is 1.38 bits per heavy atom. The molecule has 1 rings (SSSR count). The van der Waals surface area contributed by atoms with Crippen LogP contribution in [0.5, 0.6) is 0 Å². The standard InChI is InChI=1S/C13H20FNO/c1-10(2)16-13(3,9-15)8-11-6-4-5-7-12(11)14/h4-7,10H,8-9,15H2,1-3H3. The third-order valence-electron chi connectivity index (χ3n) is 2.47. The summed E-state index contributed by atoms with van der Waals surface area (Å²) >= 11 is 0. The van der Waals surface area contributed by atoms with Crippen molar-refractivity contribution in [2.45, 2.75) is 38.9 Å². The average Bonchev–Trinajstić information content (AvgIpc) is 2.20. The number of hydrogen-bond acceptors (Lipinski definition) is 2. The van der Waals surface area contributed by atoms with E-state index in [-0.39, 0.29) is 11.9 Å². The van der Waals surface area contributed by atoms with E-state index in [4.69, 9.17) is 10.5 Å². The molecule has 3 heteroatoms. The summed E-state index contributed by atoms with van der Waals surface area (Å²) in [7, 11) is 0. The summed E-state index contributed by atoms with van der Waals surface area (Å²) < 4.78 is 19.3. The third-order valence-corrected chi connectivity index (χ3v) is 2.47. The van der Waals surface area contributed by atoms with E-state index in [1.807, 2.05) is 26.8 Å². The Bertz CT molecular complexity index is 340. The van der Waals surface area contributed by atoms with Crippen LogP contribution in [0.15, 0.2) is 24.3 Å². The van der Waals surface area contributed by atoms with Gasteiger partial charge in [0.05, 0.1) is 11.7 Å². The lowest BCUT2D eigenvalue weighted by atomic mass is 9.95. The van der Waals surface area contributed by atoms with Crippen molar-refractivity contribution in [3.8, 4) is 0 Å². The average molecular weight is 225 g/mol. The Morgan fingerprint density at radius 3 is 2.50 bits per heavy atom. The molecule has 2 nitrogen and oxygen atoms in total. The van der Waals surface area contributed by atoms with Crippen molar-refractivity contribution in [3.05, 3.63) is 35.6 Å². The van der Waals surface area contributed by atoms with Crippen molar-refractivity contribution in [2.24, 2.45) is 5.73 Å². The molecule has 1 unspecified atom stereocenters. The first kappa shape index (κ1) is 13.1. The van der Waals surface area contributed by atoms with Crippen molar-refractivity contribution in [3.63, 3.8) is 0 Å². The van der Waals surface area contributed by atoms with Gasteiger partial charge >= 0.3 is 0 Å². The Hall–Kier alpha value is -0.930. The molecule has 1 aromatic carbocycles. The van der Waals surface area contributed by atoms with Gasteiger partial charge in [-0.3, -0.25) is 0 Å². The van der Waals surface area contributed by atoms with Gasteiger partial charge < -0.3 is 10.5 Å². The number of benzene rings is 1. The molecule has 16 heavy (non-hydrogen) atoms. The van der Waals surface area contributed by atoms with Gasteiger partial charge in [-0.2, -0.15) is 0 Å². The second-order valence-corrected chi connectivity index (χ2v) is 4.59. The van der Waals surface area contributed by atoms with Gasteiger partial charge in [0.15, 0.2) is 0 Å². The zero-order valence-electron chi connectivity index (χ0n) is 10.2. The highest BCUT2D eigenvalue weighted by Gasteiger charge is 2.26. The molecule has 1 atom stereocenters. The van der Waals surface area contributed by atoms with Gasteiger partial charge in [0, 0.05) is 13.0 Å². The fraction of sp³-hybridized carbons (Fsp3) is 0.538. The molecule has 0 fully saturated rings. The van der Waals surface area contributed by atoms with Crippen LogP contribution in [0.4, 0.5) is 4.39 Å². The zero-order valence-corrected chi connectivity index (χ0v) is 10.2. The quantitative estimate of drug-likeness (QED) is 0.835. The van der Waals surface area contributed by atoms with Crippen LogP contribution in [-0.2, 0) is 11.2 Å². The minimum Gasteiger partial charge on any atom is -0.371 e. The van der Waals surface area contributed by atoms with Gasteiger partial charge in [0.2, 0.25) is 0 Å². The number of hydrogen-bond donors (Lipinski definition) is 1. The highest BCUT2D eigenvalue weighted by molar-refractivity contribution is 5.19. The number of halogens is 1. The van der Waals surface area contributed by atoms with Crippen LogP contribution < -0.4 is 5.73 Å². The molecule has 0 radical (unpaired) electrons. The van der Waals surface area contributed by atoms with Crippen molar-refractivity contribution in [1.29, 1.82) is 0 Å². The topological polar surface area (TPSA) is 35.2 Å². The molecule has 0 saturated heterocycles. The highest BCUT2D eigenvalue weighted by atomic mass is 19.1. The molecule has 0 aliphatic heterocycles. The lowest BCUT2D eigenvalue weighted by Crippen LogP contribution is -2.42. The monoisotopic (exact) mass is 225 g/mol. The smallest absolute Gasteiger partial charge is 0.126 e. The van der Waals surface area contributed by atoms with Gasteiger partial charge in [0.1, 0.15) is 5.82 Å². The summed E-state index contributed by atoms with van der Waals surface area (Å²) in [5.74, 6) is -0.200. The first-order valence-corrected chi connectivity index (χ1v) is 5.58. The van der Waals surface area contributed by atoms with Crippen LogP contribution in [0.3, 0.4) is 0 Å². The second kappa shape index (κ2) is 5.41. The maximum Gasteiger partial charge on any atom is 0.126 e. The predicted molar refractivity (Wildman–Crippen MR) is 63.8 cm³/mol. The fourth-order valence-corrected chi connectivity index (χ4v) is 1.78. The van der Waals surface area contributed by atoms with E-state index in [0.29, 0.717) is 18.5 Å². The molecule has 0 bridgehead atoms. The van der Waals surface area contributed by atoms with Crippen LogP contribution >= 0.6 is 0 Å². The van der Waals surface area contributed by atoms with E-state index in [0.717, 1.165) is 0 Å². The van der Waals surface area contributed by atoms with Crippen LogP contribution in [0.25, 0.3) is 0 Å². The van der Waals surface area contributed by atoms with Gasteiger partial charge in [-0.25, -0.2) is 4.39 Å². The van der Waals surface area contributed by atoms with Crippen molar-refractivity contribution in [2.75, 3.05) is 6.54 Å². The Kier molecular flexibility index (Phi) is 4.44. The molecule has 0 aliphatic carbocycles. The van der Waals surface area contributed by atoms with E-state index in [1.54, 1.807) is 12.1 Å². The van der Waals surface area contributed by atoms with Crippen molar-refractivity contribution in [1.82, 2.24) is 0 Å². The van der Waals surface area contributed by atoms with Gasteiger partial charge in [-0.1, -0.05) is 18.2 Å². The van der Waals surface area contributed by atoms with Gasteiger partial charge in [-0.15, -0.1) is 0 Å². The molecular formula is C13H20FNO. The molecular weight excluding hydrogens is 205 g/mol. The lowest BCUT2D eigenvalue weighted by Gasteiger charge is -2.31. The molecule has 90 valence electrons. The van der Waals surface area contributed by atoms with E-state index in [9.17, 15) is 4.39 Å². The minimum atomic E-state index is -0.504. The second-order valence-electron chi connectivity index (χ2n) is 4.59. The lowest BCUT2D eigenvalue weighted by molar-refractivity contribution is -0.0615. The van der Waals surface area contributed by atoms with E-state index >= 15 is 0 Å². The zero-order chi connectivity index (χ0) is 12.2. The highest BCUT2D eigenvalue weighted by Crippen LogP contribution is 2.20. The molecule has 0 spiro atoms. The summed E-state index contributed by atoms with van der Waals surface area (Å²) in [6.45, 7) is 6.20. The largest absolute Gasteiger partial charge is 0.371 e. The Morgan fingerprint density at radius 2 is 2.00 bits per heavy atom. The maximum atomic E-state index is 13.5. The van der Waals surface area contributed by atoms with Crippen molar-refractivity contribution < 1.29 is 9.13 Å². The molecule has 0 saturated carbocycles. The van der Waals surface area contributed by atoms with Gasteiger partial charge in [-0.05, 0) is 32.4 Å². The molecule has 0 aliphatic rings. The van der Waals surface area contributed by atoms with E-state index in [1.165, 1.54) is 6.07 Å². The van der Waals surface area contributed by atoms with Crippen LogP contribution in [0.2, 0.25) is 0 Å². The normalized spacial score (nSPS) is 15.1. The summed E-state index contributed by atoms with van der Waals surface area (Å²) in [6, 6.07) is 6.74. The summed E-state index contributed by atoms with van der Waals surface area (Å²) in [4.78, 5) is 0. The minimum absolute atomic E-state index is 0.0836. The summed E-state index contributed by atoms with van der Waals surface area (Å²) in [5.41, 5.74) is 5.85. The molecule has 0 amide bonds. The van der Waals surface area contributed by atoms with Crippen LogP contribution in [0, 0.1) is 5.82 Å². The maximum absolute atomic E-state index is 13.5. The number of rotatable bonds is 5. The molecule has 1 aromatic rings. The molecule has 0 aromatic heterocycles. The Labute approximate surface area is 96.6 Å². The molecule has 2 N–H and O–H groups in total. The van der Waals surface area contributed by atoms with Crippen LogP contribution in [0.1, 0.15) is 26.3 Å². The number of nitrogens with two attached hydrogens (primary N) is 1. The van der Waals surface area contributed by atoms with Gasteiger partial charge in [0.25, 0.3) is 0 Å². The predicted octanol–water partition coefficient (Wildman–Crippen LogP) is 2.51.